The van der Waals surface area contributed by atoms with Crippen LogP contribution in [0.4, 0.5) is 5.69 Å². The Bertz CT molecular complexity index is 732. The number of halogens is 1. The molecule has 0 aliphatic heterocycles. The van der Waals surface area contributed by atoms with Crippen LogP contribution in [0.15, 0.2) is 41.1 Å². The first-order chi connectivity index (χ1) is 11.0. The molecule has 0 unspecified atom stereocenters. The standard InChI is InChI=1S/C17H18BrN3O2/c1-3-6-20-16(22)12-7-13(10-19-9-12)17(23)21-14-5-4-11(2)15(18)8-14/h4-5,7-10H,3,6H2,1-2H3,(H,20,22)(H,21,23). The van der Waals surface area contributed by atoms with E-state index < -0.39 is 0 Å². The lowest BCUT2D eigenvalue weighted by molar-refractivity contribution is 0.0953. The number of aryl methyl sites for hydroxylation is 1. The molecule has 0 spiro atoms. The number of rotatable bonds is 5. The fourth-order valence-corrected chi connectivity index (χ4v) is 2.28. The number of amides is 2. The highest BCUT2D eigenvalue weighted by Gasteiger charge is 2.11. The highest BCUT2D eigenvalue weighted by atomic mass is 79.9. The van der Waals surface area contributed by atoms with Gasteiger partial charge in [-0.15, -0.1) is 0 Å². The van der Waals surface area contributed by atoms with E-state index in [0.717, 1.165) is 16.5 Å². The third kappa shape index (κ3) is 4.63. The lowest BCUT2D eigenvalue weighted by Crippen LogP contribution is -2.24. The molecule has 1 aromatic carbocycles. The Kier molecular flexibility index (Phi) is 5.87. The molecule has 5 nitrogen and oxygen atoms in total. The van der Waals surface area contributed by atoms with Gasteiger partial charge in [-0.1, -0.05) is 28.9 Å². The highest BCUT2D eigenvalue weighted by Crippen LogP contribution is 2.21. The summed E-state index contributed by atoms with van der Waals surface area (Å²) >= 11 is 3.43. The van der Waals surface area contributed by atoms with Crippen LogP contribution < -0.4 is 10.6 Å². The van der Waals surface area contributed by atoms with Crippen LogP contribution in [0.2, 0.25) is 0 Å². The minimum atomic E-state index is -0.307. The summed E-state index contributed by atoms with van der Waals surface area (Å²) in [5.41, 5.74) is 2.47. The van der Waals surface area contributed by atoms with Gasteiger partial charge in [0.1, 0.15) is 0 Å². The summed E-state index contributed by atoms with van der Waals surface area (Å²) in [6, 6.07) is 7.10. The number of benzene rings is 1. The number of anilines is 1. The molecule has 0 atom stereocenters. The Morgan fingerprint density at radius 3 is 2.48 bits per heavy atom. The van der Waals surface area contributed by atoms with E-state index in [0.29, 0.717) is 23.4 Å². The maximum absolute atomic E-state index is 12.3. The van der Waals surface area contributed by atoms with E-state index in [1.165, 1.54) is 18.5 Å². The van der Waals surface area contributed by atoms with Crippen LogP contribution >= 0.6 is 15.9 Å². The molecule has 0 radical (unpaired) electrons. The number of aromatic nitrogens is 1. The van der Waals surface area contributed by atoms with Crippen LogP contribution in [0.25, 0.3) is 0 Å². The summed E-state index contributed by atoms with van der Waals surface area (Å²) in [7, 11) is 0. The van der Waals surface area contributed by atoms with E-state index in [-0.39, 0.29) is 11.8 Å². The van der Waals surface area contributed by atoms with E-state index in [4.69, 9.17) is 0 Å². The van der Waals surface area contributed by atoms with Gasteiger partial charge in [0.2, 0.25) is 0 Å². The van der Waals surface area contributed by atoms with Crippen molar-refractivity contribution in [3.05, 3.63) is 57.8 Å². The molecule has 0 saturated heterocycles. The van der Waals surface area contributed by atoms with E-state index >= 15 is 0 Å². The summed E-state index contributed by atoms with van der Waals surface area (Å²) in [5, 5.41) is 5.56. The Morgan fingerprint density at radius 1 is 1.13 bits per heavy atom. The molecule has 0 saturated carbocycles. The second-order valence-corrected chi connectivity index (χ2v) is 5.99. The average molecular weight is 376 g/mol. The lowest BCUT2D eigenvalue weighted by Gasteiger charge is -2.08. The SMILES string of the molecule is CCCNC(=O)c1cncc(C(=O)Nc2ccc(C)c(Br)c2)c1. The molecule has 2 N–H and O–H groups in total. The molecule has 2 aromatic rings. The van der Waals surface area contributed by atoms with Gasteiger partial charge in [0.15, 0.2) is 0 Å². The lowest BCUT2D eigenvalue weighted by atomic mass is 10.1. The van der Waals surface area contributed by atoms with Crippen LogP contribution in [0.1, 0.15) is 39.6 Å². The number of nitrogens with zero attached hydrogens (tertiary/aromatic N) is 1. The van der Waals surface area contributed by atoms with Crippen molar-refractivity contribution in [3.63, 3.8) is 0 Å². The van der Waals surface area contributed by atoms with Gasteiger partial charge in [-0.05, 0) is 37.1 Å². The number of nitrogens with one attached hydrogen (secondary N) is 2. The van der Waals surface area contributed by atoms with Crippen molar-refractivity contribution in [2.24, 2.45) is 0 Å². The third-order valence-corrected chi connectivity index (χ3v) is 4.08. The van der Waals surface area contributed by atoms with Gasteiger partial charge in [0, 0.05) is 29.1 Å². The van der Waals surface area contributed by atoms with Gasteiger partial charge in [0.25, 0.3) is 11.8 Å². The largest absolute Gasteiger partial charge is 0.352 e. The zero-order valence-electron chi connectivity index (χ0n) is 13.0. The van der Waals surface area contributed by atoms with E-state index in [9.17, 15) is 9.59 Å². The Balaban J connectivity index is 2.13. The molecule has 0 fully saturated rings. The summed E-state index contributed by atoms with van der Waals surface area (Å²) in [6.07, 6.45) is 3.74. The molecule has 120 valence electrons. The average Bonchev–Trinajstić information content (AvgIpc) is 2.56. The molecule has 0 aliphatic rings. The summed E-state index contributed by atoms with van der Waals surface area (Å²) in [5.74, 6) is -0.537. The molecule has 0 aliphatic carbocycles. The monoisotopic (exact) mass is 375 g/mol. The second-order valence-electron chi connectivity index (χ2n) is 5.14. The fraction of sp³-hybridized carbons (Fsp3) is 0.235. The van der Waals surface area contributed by atoms with Crippen LogP contribution in [0, 0.1) is 6.92 Å². The van der Waals surface area contributed by atoms with Crippen molar-refractivity contribution in [2.75, 3.05) is 11.9 Å². The van der Waals surface area contributed by atoms with Gasteiger partial charge in [-0.3, -0.25) is 14.6 Å². The first-order valence-corrected chi connectivity index (χ1v) is 8.11. The molecule has 1 aromatic heterocycles. The minimum absolute atomic E-state index is 0.230. The molecule has 23 heavy (non-hydrogen) atoms. The zero-order chi connectivity index (χ0) is 16.8. The van der Waals surface area contributed by atoms with E-state index in [1.54, 1.807) is 0 Å². The minimum Gasteiger partial charge on any atom is -0.352 e. The normalized spacial score (nSPS) is 10.2. The van der Waals surface area contributed by atoms with Gasteiger partial charge < -0.3 is 10.6 Å². The fourth-order valence-electron chi connectivity index (χ4n) is 1.90. The predicted octanol–water partition coefficient (Wildman–Crippen LogP) is 3.54. The van der Waals surface area contributed by atoms with Gasteiger partial charge >= 0.3 is 0 Å². The topological polar surface area (TPSA) is 71.1 Å². The van der Waals surface area contributed by atoms with Crippen LogP contribution in [0.3, 0.4) is 0 Å². The molecule has 6 heteroatoms. The van der Waals surface area contributed by atoms with Crippen molar-refractivity contribution in [1.29, 1.82) is 0 Å². The first-order valence-electron chi connectivity index (χ1n) is 7.32. The molecule has 0 bridgehead atoms. The molecule has 1 heterocycles. The molecule has 2 rings (SSSR count). The number of pyridine rings is 1. The van der Waals surface area contributed by atoms with Crippen LogP contribution in [0.5, 0.6) is 0 Å². The van der Waals surface area contributed by atoms with Crippen LogP contribution in [-0.2, 0) is 0 Å². The molecular weight excluding hydrogens is 358 g/mol. The second kappa shape index (κ2) is 7.87. The Labute approximate surface area is 143 Å². The number of hydrogen-bond acceptors (Lipinski definition) is 3. The van der Waals surface area contributed by atoms with Crippen molar-refractivity contribution in [1.82, 2.24) is 10.3 Å². The maximum Gasteiger partial charge on any atom is 0.257 e. The first kappa shape index (κ1) is 17.1. The van der Waals surface area contributed by atoms with Crippen molar-refractivity contribution >= 4 is 33.4 Å². The predicted molar refractivity (Wildman–Crippen MR) is 93.7 cm³/mol. The maximum atomic E-state index is 12.3. The van der Waals surface area contributed by atoms with Crippen LogP contribution in [-0.4, -0.2) is 23.3 Å². The number of carbonyl (C=O) groups is 2. The quantitative estimate of drug-likeness (QED) is 0.839. The van der Waals surface area contributed by atoms with Crippen molar-refractivity contribution in [2.45, 2.75) is 20.3 Å². The summed E-state index contributed by atoms with van der Waals surface area (Å²) in [4.78, 5) is 28.2. The Hall–Kier alpha value is -2.21. The molecular formula is C17H18BrN3O2. The molecule has 2 amide bonds. The Morgan fingerprint density at radius 2 is 1.83 bits per heavy atom. The number of carbonyl (C=O) groups excluding carboxylic acids is 2. The third-order valence-electron chi connectivity index (χ3n) is 3.23. The highest BCUT2D eigenvalue weighted by molar-refractivity contribution is 9.10. The van der Waals surface area contributed by atoms with Crippen molar-refractivity contribution in [3.8, 4) is 0 Å². The smallest absolute Gasteiger partial charge is 0.257 e. The summed E-state index contributed by atoms with van der Waals surface area (Å²) in [6.45, 7) is 4.53. The van der Waals surface area contributed by atoms with E-state index in [2.05, 4.69) is 31.5 Å². The number of hydrogen-bond donors (Lipinski definition) is 2. The van der Waals surface area contributed by atoms with E-state index in [1.807, 2.05) is 32.0 Å². The van der Waals surface area contributed by atoms with Crippen molar-refractivity contribution < 1.29 is 9.59 Å². The van der Waals surface area contributed by atoms with Gasteiger partial charge in [-0.2, -0.15) is 0 Å². The zero-order valence-corrected chi connectivity index (χ0v) is 14.6. The summed E-state index contributed by atoms with van der Waals surface area (Å²) < 4.78 is 0.918. The van der Waals surface area contributed by atoms with Gasteiger partial charge in [0.05, 0.1) is 11.1 Å². The van der Waals surface area contributed by atoms with Gasteiger partial charge in [-0.25, -0.2) is 0 Å².